The van der Waals surface area contributed by atoms with Crippen molar-refractivity contribution >= 4 is 11.8 Å². The van der Waals surface area contributed by atoms with E-state index >= 15 is 0 Å². The molecule has 2 nitrogen and oxygen atoms in total. The minimum Gasteiger partial charge on any atom is -0.497 e. The average Bonchev–Trinajstić information content (AvgIpc) is 2.53. The molecule has 0 aliphatic carbocycles. The van der Waals surface area contributed by atoms with Crippen molar-refractivity contribution in [1.29, 1.82) is 0 Å². The minimum absolute atomic E-state index is 0.352. The second-order valence-electron chi connectivity index (χ2n) is 4.96. The van der Waals surface area contributed by atoms with Crippen LogP contribution in [0.5, 0.6) is 5.75 Å². The number of methoxy groups -OCH3 is 1. The van der Waals surface area contributed by atoms with Crippen LogP contribution in [0.1, 0.15) is 24.1 Å². The molecule has 0 aliphatic rings. The van der Waals surface area contributed by atoms with E-state index in [0.717, 1.165) is 18.0 Å². The Morgan fingerprint density at radius 1 is 1.10 bits per heavy atom. The minimum atomic E-state index is 0.352. The molecule has 0 saturated carbocycles. The van der Waals surface area contributed by atoms with Gasteiger partial charge in [0, 0.05) is 16.7 Å². The summed E-state index contributed by atoms with van der Waals surface area (Å²) in [6.07, 6.45) is 0. The molecule has 2 aromatic rings. The molecule has 0 bridgehead atoms. The zero-order valence-corrected chi connectivity index (χ0v) is 13.7. The van der Waals surface area contributed by atoms with Gasteiger partial charge in [0.2, 0.25) is 0 Å². The van der Waals surface area contributed by atoms with Crippen LogP contribution in [-0.4, -0.2) is 19.4 Å². The van der Waals surface area contributed by atoms with E-state index in [1.807, 2.05) is 23.9 Å². The van der Waals surface area contributed by atoms with Crippen LogP contribution in [0.2, 0.25) is 0 Å². The molecule has 0 spiro atoms. The molecule has 0 fully saturated rings. The molecule has 112 valence electrons. The van der Waals surface area contributed by atoms with Crippen LogP contribution in [-0.2, 0) is 0 Å². The van der Waals surface area contributed by atoms with Crippen LogP contribution in [0.4, 0.5) is 0 Å². The summed E-state index contributed by atoms with van der Waals surface area (Å²) in [5.41, 5.74) is 2.64. The van der Waals surface area contributed by atoms with E-state index in [1.165, 1.54) is 16.0 Å². The van der Waals surface area contributed by atoms with E-state index < -0.39 is 0 Å². The van der Waals surface area contributed by atoms with Gasteiger partial charge in [-0.15, -0.1) is 11.8 Å². The predicted molar refractivity (Wildman–Crippen MR) is 91.3 cm³/mol. The Labute approximate surface area is 131 Å². The molecule has 2 aromatic carbocycles. The molecule has 1 atom stereocenters. The molecule has 0 heterocycles. The fourth-order valence-corrected chi connectivity index (χ4v) is 3.37. The van der Waals surface area contributed by atoms with E-state index in [0.29, 0.717) is 6.04 Å². The van der Waals surface area contributed by atoms with Crippen LogP contribution in [0, 0.1) is 6.92 Å². The number of thioether (sulfide) groups is 1. The Morgan fingerprint density at radius 3 is 2.43 bits per heavy atom. The van der Waals surface area contributed by atoms with Crippen LogP contribution >= 0.6 is 11.8 Å². The van der Waals surface area contributed by atoms with Crippen LogP contribution < -0.4 is 10.1 Å². The van der Waals surface area contributed by atoms with Gasteiger partial charge in [0.25, 0.3) is 0 Å². The van der Waals surface area contributed by atoms with Gasteiger partial charge < -0.3 is 10.1 Å². The number of benzene rings is 2. The molecule has 0 amide bonds. The standard InChI is InChI=1S/C18H23NOS/c1-4-19-17(15-9-11-16(20-3)12-10-15)13-21-18-8-6-5-7-14(18)2/h5-12,17,19H,4,13H2,1-3H3. The Morgan fingerprint density at radius 2 is 1.81 bits per heavy atom. The van der Waals surface area contributed by atoms with Crippen molar-refractivity contribution in [3.63, 3.8) is 0 Å². The highest BCUT2D eigenvalue weighted by atomic mass is 32.2. The summed E-state index contributed by atoms with van der Waals surface area (Å²) in [4.78, 5) is 1.36. The maximum atomic E-state index is 5.23. The Bertz CT molecular complexity index is 553. The first kappa shape index (κ1) is 15.9. The van der Waals surface area contributed by atoms with Gasteiger partial charge in [-0.3, -0.25) is 0 Å². The van der Waals surface area contributed by atoms with E-state index in [4.69, 9.17) is 4.74 Å². The molecular weight excluding hydrogens is 278 g/mol. The molecule has 2 rings (SSSR count). The summed E-state index contributed by atoms with van der Waals surface area (Å²) in [7, 11) is 1.70. The molecule has 1 N–H and O–H groups in total. The molecule has 21 heavy (non-hydrogen) atoms. The van der Waals surface area contributed by atoms with Crippen LogP contribution in [0.25, 0.3) is 0 Å². The lowest BCUT2D eigenvalue weighted by atomic mass is 10.1. The third kappa shape index (κ3) is 4.51. The number of rotatable bonds is 7. The molecule has 1 unspecified atom stereocenters. The highest BCUT2D eigenvalue weighted by Gasteiger charge is 2.11. The summed E-state index contributed by atoms with van der Waals surface area (Å²) in [6, 6.07) is 17.2. The third-order valence-electron chi connectivity index (χ3n) is 3.47. The van der Waals surface area contributed by atoms with Gasteiger partial charge in [0.15, 0.2) is 0 Å². The summed E-state index contributed by atoms with van der Waals surface area (Å²) in [5.74, 6) is 1.92. The lowest BCUT2D eigenvalue weighted by Crippen LogP contribution is -2.22. The normalized spacial score (nSPS) is 12.1. The lowest BCUT2D eigenvalue weighted by molar-refractivity contribution is 0.414. The average molecular weight is 301 g/mol. The molecule has 0 radical (unpaired) electrons. The van der Waals surface area contributed by atoms with Gasteiger partial charge in [0.05, 0.1) is 7.11 Å². The predicted octanol–water partition coefficient (Wildman–Crippen LogP) is 4.45. The Hall–Kier alpha value is -1.45. The first-order valence-electron chi connectivity index (χ1n) is 7.30. The Kier molecular flexibility index (Phi) is 6.15. The maximum Gasteiger partial charge on any atom is 0.118 e. The fourth-order valence-electron chi connectivity index (χ4n) is 2.25. The Balaban J connectivity index is 2.06. The quantitative estimate of drug-likeness (QED) is 0.764. The monoisotopic (exact) mass is 301 g/mol. The van der Waals surface area contributed by atoms with Gasteiger partial charge >= 0.3 is 0 Å². The van der Waals surface area contributed by atoms with Crippen molar-refractivity contribution in [2.24, 2.45) is 0 Å². The number of hydrogen-bond acceptors (Lipinski definition) is 3. The van der Waals surface area contributed by atoms with Crippen LogP contribution in [0.15, 0.2) is 53.4 Å². The van der Waals surface area contributed by atoms with E-state index in [9.17, 15) is 0 Å². The van der Waals surface area contributed by atoms with Gasteiger partial charge in [0.1, 0.15) is 5.75 Å². The van der Waals surface area contributed by atoms with Crippen molar-refractivity contribution in [2.75, 3.05) is 19.4 Å². The molecule has 0 saturated heterocycles. The van der Waals surface area contributed by atoms with E-state index in [-0.39, 0.29) is 0 Å². The van der Waals surface area contributed by atoms with Gasteiger partial charge in [-0.05, 0) is 42.8 Å². The topological polar surface area (TPSA) is 21.3 Å². The van der Waals surface area contributed by atoms with Crippen molar-refractivity contribution in [2.45, 2.75) is 24.8 Å². The molecule has 0 aromatic heterocycles. The largest absolute Gasteiger partial charge is 0.497 e. The highest BCUT2D eigenvalue weighted by molar-refractivity contribution is 7.99. The number of hydrogen-bond donors (Lipinski definition) is 1. The van der Waals surface area contributed by atoms with Crippen molar-refractivity contribution in [3.8, 4) is 5.75 Å². The molecule has 0 aliphatic heterocycles. The second kappa shape index (κ2) is 8.11. The summed E-state index contributed by atoms with van der Waals surface area (Å²) < 4.78 is 5.23. The summed E-state index contributed by atoms with van der Waals surface area (Å²) in [6.45, 7) is 5.28. The second-order valence-corrected chi connectivity index (χ2v) is 6.02. The zero-order valence-electron chi connectivity index (χ0n) is 12.9. The van der Waals surface area contributed by atoms with Crippen molar-refractivity contribution in [3.05, 3.63) is 59.7 Å². The summed E-state index contributed by atoms with van der Waals surface area (Å²) in [5, 5.41) is 3.56. The smallest absolute Gasteiger partial charge is 0.118 e. The third-order valence-corrected chi connectivity index (χ3v) is 4.74. The van der Waals surface area contributed by atoms with E-state index in [2.05, 4.69) is 55.6 Å². The van der Waals surface area contributed by atoms with E-state index in [1.54, 1.807) is 7.11 Å². The first-order valence-corrected chi connectivity index (χ1v) is 8.29. The SMILES string of the molecule is CCNC(CSc1ccccc1C)c1ccc(OC)cc1. The lowest BCUT2D eigenvalue weighted by Gasteiger charge is -2.19. The first-order chi connectivity index (χ1) is 10.2. The highest BCUT2D eigenvalue weighted by Crippen LogP contribution is 2.27. The zero-order chi connectivity index (χ0) is 15.1. The number of ether oxygens (including phenoxy) is 1. The molecule has 3 heteroatoms. The molecular formula is C18H23NOS. The fraction of sp³-hybridized carbons (Fsp3) is 0.333. The maximum absolute atomic E-state index is 5.23. The van der Waals surface area contributed by atoms with Gasteiger partial charge in [-0.25, -0.2) is 0 Å². The number of aryl methyl sites for hydroxylation is 1. The van der Waals surface area contributed by atoms with Crippen molar-refractivity contribution < 1.29 is 4.74 Å². The number of nitrogens with one attached hydrogen (secondary N) is 1. The van der Waals surface area contributed by atoms with Gasteiger partial charge in [-0.1, -0.05) is 37.3 Å². The van der Waals surface area contributed by atoms with Gasteiger partial charge in [-0.2, -0.15) is 0 Å². The summed E-state index contributed by atoms with van der Waals surface area (Å²) >= 11 is 1.91. The van der Waals surface area contributed by atoms with Crippen LogP contribution in [0.3, 0.4) is 0 Å². The van der Waals surface area contributed by atoms with Crippen molar-refractivity contribution in [1.82, 2.24) is 5.32 Å².